The lowest BCUT2D eigenvalue weighted by atomic mass is 10.2. The van der Waals surface area contributed by atoms with Crippen molar-refractivity contribution >= 4 is 28.6 Å². The molecule has 0 fully saturated rings. The Labute approximate surface area is 201 Å². The van der Waals surface area contributed by atoms with Crippen molar-refractivity contribution in [1.29, 1.82) is 0 Å². The molecule has 2 heterocycles. The highest BCUT2D eigenvalue weighted by atomic mass is 32.2. The fourth-order valence-electron chi connectivity index (χ4n) is 3.58. The summed E-state index contributed by atoms with van der Waals surface area (Å²) in [6.45, 7) is 0.122. The number of ketones is 1. The van der Waals surface area contributed by atoms with Crippen molar-refractivity contribution in [3.63, 3.8) is 0 Å². The number of benzene rings is 3. The Balaban J connectivity index is 1.52. The molecule has 0 aliphatic rings. The number of carbonyl (C=O) groups is 1. The summed E-state index contributed by atoms with van der Waals surface area (Å²) in [4.78, 5) is 12.6. The summed E-state index contributed by atoms with van der Waals surface area (Å²) >= 11 is 1.11. The molecule has 0 bridgehead atoms. The zero-order valence-electron chi connectivity index (χ0n) is 18.1. The monoisotopic (exact) mass is 494 g/mol. The van der Waals surface area contributed by atoms with E-state index in [0.717, 1.165) is 29.4 Å². The molecular weight excluding hydrogens is 477 g/mol. The number of rotatable bonds is 7. The lowest BCUT2D eigenvalue weighted by Crippen LogP contribution is -2.12. The maximum atomic E-state index is 13.4. The van der Waals surface area contributed by atoms with Gasteiger partial charge >= 0.3 is 6.18 Å². The largest absolute Gasteiger partial charge is 0.416 e. The van der Waals surface area contributed by atoms with Crippen molar-refractivity contribution in [1.82, 2.24) is 29.8 Å². The maximum absolute atomic E-state index is 13.4. The van der Waals surface area contributed by atoms with Crippen LogP contribution in [0.15, 0.2) is 84.0 Å². The van der Waals surface area contributed by atoms with Gasteiger partial charge in [0.2, 0.25) is 0 Å². The number of para-hydroxylation sites is 1. The summed E-state index contributed by atoms with van der Waals surface area (Å²) in [5.41, 5.74) is 1.41. The molecule has 0 spiro atoms. The van der Waals surface area contributed by atoms with Gasteiger partial charge in [-0.1, -0.05) is 65.5 Å². The van der Waals surface area contributed by atoms with Crippen molar-refractivity contribution in [3.05, 3.63) is 95.8 Å². The first-order chi connectivity index (χ1) is 16.9. The Kier molecular flexibility index (Phi) is 6.08. The minimum atomic E-state index is -4.51. The van der Waals surface area contributed by atoms with E-state index >= 15 is 0 Å². The topological polar surface area (TPSA) is 78.5 Å². The van der Waals surface area contributed by atoms with Crippen LogP contribution in [0.1, 0.15) is 21.7 Å². The Morgan fingerprint density at radius 3 is 2.46 bits per heavy atom. The summed E-state index contributed by atoms with van der Waals surface area (Å²) in [5.74, 6) is 0.278. The molecule has 3 aromatic carbocycles. The first-order valence-electron chi connectivity index (χ1n) is 10.5. The second kappa shape index (κ2) is 9.34. The van der Waals surface area contributed by atoms with E-state index in [1.165, 1.54) is 10.6 Å². The van der Waals surface area contributed by atoms with E-state index in [1.54, 1.807) is 35.0 Å². The van der Waals surface area contributed by atoms with Crippen molar-refractivity contribution < 1.29 is 18.0 Å². The summed E-state index contributed by atoms with van der Waals surface area (Å²) in [7, 11) is 0. The van der Waals surface area contributed by atoms with Crippen LogP contribution >= 0.6 is 11.8 Å². The van der Waals surface area contributed by atoms with Crippen LogP contribution in [-0.4, -0.2) is 41.3 Å². The molecule has 0 saturated carbocycles. The van der Waals surface area contributed by atoms with Crippen LogP contribution in [0.5, 0.6) is 0 Å². The van der Waals surface area contributed by atoms with Crippen LogP contribution < -0.4 is 0 Å². The van der Waals surface area contributed by atoms with Gasteiger partial charge < -0.3 is 0 Å². The number of nitrogens with zero attached hydrogens (tertiary/aromatic N) is 6. The van der Waals surface area contributed by atoms with E-state index in [9.17, 15) is 18.0 Å². The molecule has 0 radical (unpaired) electrons. The maximum Gasteiger partial charge on any atom is 0.416 e. The lowest BCUT2D eigenvalue weighted by molar-refractivity contribution is -0.137. The van der Waals surface area contributed by atoms with Gasteiger partial charge in [0.15, 0.2) is 16.8 Å². The van der Waals surface area contributed by atoms with Gasteiger partial charge in [0.25, 0.3) is 0 Å². The Morgan fingerprint density at radius 1 is 0.886 bits per heavy atom. The van der Waals surface area contributed by atoms with Gasteiger partial charge in [-0.05, 0) is 30.3 Å². The number of Topliss-reactive ketones (excluding diaryl/α,β-unsaturated/α-hetero) is 1. The molecule has 0 N–H and O–H groups in total. The van der Waals surface area contributed by atoms with Crippen molar-refractivity contribution in [2.75, 3.05) is 5.75 Å². The normalized spacial score (nSPS) is 11.7. The molecule has 11 heteroatoms. The number of alkyl halides is 3. The van der Waals surface area contributed by atoms with Gasteiger partial charge in [0, 0.05) is 5.56 Å². The summed E-state index contributed by atoms with van der Waals surface area (Å²) < 4.78 is 43.4. The van der Waals surface area contributed by atoms with Crippen molar-refractivity contribution in [3.8, 4) is 5.69 Å². The minimum Gasteiger partial charge on any atom is -0.293 e. The third-order valence-electron chi connectivity index (χ3n) is 5.27. The fraction of sp³-hybridized carbons (Fsp3) is 0.125. The molecule has 0 aliphatic carbocycles. The van der Waals surface area contributed by atoms with Gasteiger partial charge in [0.05, 0.1) is 22.5 Å². The number of aromatic nitrogens is 6. The number of thioether (sulfide) groups is 1. The van der Waals surface area contributed by atoms with Gasteiger partial charge in [-0.2, -0.15) is 13.2 Å². The zero-order chi connectivity index (χ0) is 24.4. The number of carbonyl (C=O) groups excluding carboxylic acids is 1. The molecule has 35 heavy (non-hydrogen) atoms. The second-order valence-corrected chi connectivity index (χ2v) is 8.54. The van der Waals surface area contributed by atoms with Crippen LogP contribution in [-0.2, 0) is 12.7 Å². The number of hydrogen-bond donors (Lipinski definition) is 0. The molecule has 176 valence electrons. The van der Waals surface area contributed by atoms with E-state index in [2.05, 4.69) is 20.5 Å². The van der Waals surface area contributed by atoms with Crippen molar-refractivity contribution in [2.45, 2.75) is 17.9 Å². The molecule has 0 saturated heterocycles. The van der Waals surface area contributed by atoms with Crippen LogP contribution in [0.2, 0.25) is 0 Å². The van der Waals surface area contributed by atoms with Gasteiger partial charge in [0.1, 0.15) is 12.1 Å². The molecule has 5 aromatic rings. The van der Waals surface area contributed by atoms with Crippen LogP contribution in [0.25, 0.3) is 16.7 Å². The molecule has 2 aromatic heterocycles. The van der Waals surface area contributed by atoms with E-state index in [4.69, 9.17) is 0 Å². The fourth-order valence-corrected chi connectivity index (χ4v) is 4.45. The van der Waals surface area contributed by atoms with Crippen LogP contribution in [0.4, 0.5) is 13.2 Å². The number of hydrogen-bond acceptors (Lipinski definition) is 6. The van der Waals surface area contributed by atoms with Crippen molar-refractivity contribution in [2.24, 2.45) is 0 Å². The second-order valence-electron chi connectivity index (χ2n) is 7.60. The van der Waals surface area contributed by atoms with Gasteiger partial charge in [-0.25, -0.2) is 4.68 Å². The molecule has 0 amide bonds. The van der Waals surface area contributed by atoms with Gasteiger partial charge in [-0.15, -0.1) is 15.3 Å². The third-order valence-corrected chi connectivity index (χ3v) is 6.20. The molecule has 5 rings (SSSR count). The average molecular weight is 495 g/mol. The van der Waals surface area contributed by atoms with E-state index < -0.39 is 11.7 Å². The average Bonchev–Trinajstić information content (AvgIpc) is 3.47. The first kappa shape index (κ1) is 22.8. The zero-order valence-corrected chi connectivity index (χ0v) is 18.9. The molecule has 0 unspecified atom stereocenters. The number of halogens is 3. The number of fused-ring (bicyclic) bond motifs is 1. The van der Waals surface area contributed by atoms with E-state index in [-0.39, 0.29) is 23.8 Å². The highest BCUT2D eigenvalue weighted by Crippen LogP contribution is 2.32. The van der Waals surface area contributed by atoms with Crippen LogP contribution in [0, 0.1) is 0 Å². The molecular formula is C24H17F3N6OS. The highest BCUT2D eigenvalue weighted by Gasteiger charge is 2.31. The first-order valence-corrected chi connectivity index (χ1v) is 11.5. The Hall–Kier alpha value is -3.99. The minimum absolute atomic E-state index is 0.0490. The predicted molar refractivity (Wildman–Crippen MR) is 124 cm³/mol. The quantitative estimate of drug-likeness (QED) is 0.233. The highest BCUT2D eigenvalue weighted by molar-refractivity contribution is 7.99. The van der Waals surface area contributed by atoms with Gasteiger partial charge in [-0.3, -0.25) is 9.36 Å². The SMILES string of the molecule is O=C(CSc1nnc(Cn2nnc3ccccc32)n1-c1cccc(C(F)(F)F)c1)c1ccccc1. The van der Waals surface area contributed by atoms with E-state index in [1.807, 2.05) is 30.3 Å². The van der Waals surface area contributed by atoms with Crippen LogP contribution in [0.3, 0.4) is 0 Å². The molecule has 0 aliphatic heterocycles. The standard InChI is InChI=1S/C24H17F3N6OS/c25-24(26,27)17-9-6-10-18(13-17)33-22(14-32-20-12-5-4-11-19(20)28-31-32)29-30-23(33)35-15-21(34)16-7-2-1-3-8-16/h1-13H,14-15H2. The van der Waals surface area contributed by atoms with E-state index in [0.29, 0.717) is 22.1 Å². The smallest absolute Gasteiger partial charge is 0.293 e. The summed E-state index contributed by atoms with van der Waals surface area (Å²) in [6, 6.07) is 21.0. The third kappa shape index (κ3) is 4.80. The lowest BCUT2D eigenvalue weighted by Gasteiger charge is -2.13. The predicted octanol–water partition coefficient (Wildman–Crippen LogP) is 5.05. The molecule has 0 atom stereocenters. The Bertz CT molecular complexity index is 1500. The Morgan fingerprint density at radius 2 is 1.66 bits per heavy atom. The summed E-state index contributed by atoms with van der Waals surface area (Å²) in [5, 5.41) is 17.0. The molecule has 7 nitrogen and oxygen atoms in total. The summed E-state index contributed by atoms with van der Waals surface area (Å²) in [6.07, 6.45) is -4.51.